The topological polar surface area (TPSA) is 43.4 Å². The third-order valence-electron chi connectivity index (χ3n) is 1.06. The van der Waals surface area contributed by atoms with Gasteiger partial charge in [-0.15, -0.1) is 0 Å². The number of hydrogen-bond acceptors (Lipinski definition) is 3. The highest BCUT2D eigenvalue weighted by atomic mass is 16.5. The van der Waals surface area contributed by atoms with Crippen LogP contribution in [0.3, 0.4) is 0 Å². The SMILES string of the molecule is CCOC(=O)/C=C/C=C(\C)C=O. The van der Waals surface area contributed by atoms with Crippen LogP contribution in [0.25, 0.3) is 0 Å². The molecule has 0 unspecified atom stereocenters. The molecule has 0 aliphatic heterocycles. The molecule has 0 atom stereocenters. The number of ether oxygens (including phenoxy) is 1. The zero-order chi connectivity index (χ0) is 9.40. The van der Waals surface area contributed by atoms with E-state index < -0.39 is 5.97 Å². The minimum atomic E-state index is -0.396. The van der Waals surface area contributed by atoms with Gasteiger partial charge in [0, 0.05) is 6.08 Å². The van der Waals surface area contributed by atoms with Crippen molar-refractivity contribution in [2.24, 2.45) is 0 Å². The van der Waals surface area contributed by atoms with E-state index in [0.717, 1.165) is 6.29 Å². The van der Waals surface area contributed by atoms with E-state index in [1.165, 1.54) is 12.2 Å². The van der Waals surface area contributed by atoms with E-state index in [4.69, 9.17) is 0 Å². The Morgan fingerprint density at radius 2 is 2.17 bits per heavy atom. The average molecular weight is 168 g/mol. The van der Waals surface area contributed by atoms with Gasteiger partial charge in [-0.3, -0.25) is 4.79 Å². The molecule has 0 amide bonds. The molecular weight excluding hydrogens is 156 g/mol. The Labute approximate surface area is 71.7 Å². The van der Waals surface area contributed by atoms with Gasteiger partial charge in [-0.2, -0.15) is 0 Å². The van der Waals surface area contributed by atoms with Crippen LogP contribution in [-0.2, 0) is 14.3 Å². The predicted molar refractivity (Wildman–Crippen MR) is 45.6 cm³/mol. The van der Waals surface area contributed by atoms with Gasteiger partial charge in [-0.05, 0) is 19.4 Å². The lowest BCUT2D eigenvalue weighted by atomic mass is 10.3. The quantitative estimate of drug-likeness (QED) is 0.274. The Morgan fingerprint density at radius 3 is 2.67 bits per heavy atom. The highest BCUT2D eigenvalue weighted by Crippen LogP contribution is 1.88. The summed E-state index contributed by atoms with van der Waals surface area (Å²) in [7, 11) is 0. The van der Waals surface area contributed by atoms with Crippen LogP contribution in [0.5, 0.6) is 0 Å². The molecule has 0 aromatic carbocycles. The summed E-state index contributed by atoms with van der Waals surface area (Å²) in [6.07, 6.45) is 5.03. The first kappa shape index (κ1) is 10.6. The van der Waals surface area contributed by atoms with Crippen molar-refractivity contribution in [1.29, 1.82) is 0 Å². The predicted octanol–water partition coefficient (Wildman–Crippen LogP) is 1.25. The lowest BCUT2D eigenvalue weighted by Crippen LogP contribution is -1.98. The molecule has 0 radical (unpaired) electrons. The molecule has 0 aromatic heterocycles. The first-order valence-electron chi connectivity index (χ1n) is 3.67. The lowest BCUT2D eigenvalue weighted by Gasteiger charge is -1.92. The fourth-order valence-corrected chi connectivity index (χ4v) is 0.508. The largest absolute Gasteiger partial charge is 0.463 e. The molecule has 0 aliphatic carbocycles. The minimum absolute atomic E-state index is 0.361. The highest BCUT2D eigenvalue weighted by Gasteiger charge is 1.90. The van der Waals surface area contributed by atoms with Gasteiger partial charge in [0.25, 0.3) is 0 Å². The third-order valence-corrected chi connectivity index (χ3v) is 1.06. The van der Waals surface area contributed by atoms with Gasteiger partial charge < -0.3 is 4.74 Å². The molecule has 0 bridgehead atoms. The molecule has 0 saturated heterocycles. The number of carbonyl (C=O) groups excluding carboxylic acids is 2. The van der Waals surface area contributed by atoms with Gasteiger partial charge in [0.15, 0.2) is 0 Å². The van der Waals surface area contributed by atoms with Crippen LogP contribution in [0.1, 0.15) is 13.8 Å². The summed E-state index contributed by atoms with van der Waals surface area (Å²) in [4.78, 5) is 20.8. The van der Waals surface area contributed by atoms with Crippen LogP contribution in [0.15, 0.2) is 23.8 Å². The van der Waals surface area contributed by atoms with Gasteiger partial charge >= 0.3 is 5.97 Å². The van der Waals surface area contributed by atoms with Gasteiger partial charge in [-0.1, -0.05) is 12.2 Å². The van der Waals surface area contributed by atoms with Crippen molar-refractivity contribution < 1.29 is 14.3 Å². The summed E-state index contributed by atoms with van der Waals surface area (Å²) in [5.41, 5.74) is 0.565. The normalized spacial score (nSPS) is 11.7. The number of allylic oxidation sites excluding steroid dienone is 3. The van der Waals surface area contributed by atoms with Crippen LogP contribution < -0.4 is 0 Å². The van der Waals surface area contributed by atoms with E-state index in [-0.39, 0.29) is 0 Å². The summed E-state index contributed by atoms with van der Waals surface area (Å²) in [5, 5.41) is 0. The number of hydrogen-bond donors (Lipinski definition) is 0. The van der Waals surface area contributed by atoms with Gasteiger partial charge in [0.05, 0.1) is 6.61 Å². The van der Waals surface area contributed by atoms with Crippen LogP contribution >= 0.6 is 0 Å². The van der Waals surface area contributed by atoms with Crippen molar-refractivity contribution >= 4 is 12.3 Å². The second kappa shape index (κ2) is 6.34. The molecule has 0 aromatic rings. The van der Waals surface area contributed by atoms with Crippen molar-refractivity contribution in [1.82, 2.24) is 0 Å². The third kappa shape index (κ3) is 5.41. The molecule has 0 aliphatic rings. The fraction of sp³-hybridized carbons (Fsp3) is 0.333. The number of rotatable bonds is 4. The highest BCUT2D eigenvalue weighted by molar-refractivity contribution is 5.82. The van der Waals surface area contributed by atoms with Crippen LogP contribution in [0.2, 0.25) is 0 Å². The smallest absolute Gasteiger partial charge is 0.330 e. The first-order valence-corrected chi connectivity index (χ1v) is 3.67. The number of aldehydes is 1. The van der Waals surface area contributed by atoms with Gasteiger partial charge in [0.2, 0.25) is 0 Å². The number of esters is 1. The lowest BCUT2D eigenvalue weighted by molar-refractivity contribution is -0.137. The molecule has 0 fully saturated rings. The molecular formula is C9H12O3. The van der Waals surface area contributed by atoms with E-state index in [1.54, 1.807) is 19.9 Å². The van der Waals surface area contributed by atoms with Crippen molar-refractivity contribution in [2.75, 3.05) is 6.61 Å². The molecule has 0 spiro atoms. The Kier molecular flexibility index (Phi) is 5.61. The Morgan fingerprint density at radius 1 is 1.50 bits per heavy atom. The van der Waals surface area contributed by atoms with Crippen LogP contribution in [0.4, 0.5) is 0 Å². The fourth-order valence-electron chi connectivity index (χ4n) is 0.508. The van der Waals surface area contributed by atoms with E-state index >= 15 is 0 Å². The second-order valence-corrected chi connectivity index (χ2v) is 2.14. The minimum Gasteiger partial charge on any atom is -0.463 e. The van der Waals surface area contributed by atoms with E-state index in [2.05, 4.69) is 4.74 Å². The second-order valence-electron chi connectivity index (χ2n) is 2.14. The standard InChI is InChI=1S/C9H12O3/c1-3-12-9(11)6-4-5-8(2)7-10/h4-7H,3H2,1-2H3/b6-4+,8-5+. The van der Waals surface area contributed by atoms with Gasteiger partial charge in [0.1, 0.15) is 6.29 Å². The monoisotopic (exact) mass is 168 g/mol. The summed E-state index contributed by atoms with van der Waals surface area (Å²) in [5.74, 6) is -0.396. The maximum atomic E-state index is 10.7. The van der Waals surface area contributed by atoms with Crippen LogP contribution in [-0.4, -0.2) is 18.9 Å². The Balaban J connectivity index is 3.90. The van der Waals surface area contributed by atoms with Crippen molar-refractivity contribution in [3.8, 4) is 0 Å². The zero-order valence-electron chi connectivity index (χ0n) is 7.24. The molecule has 3 heteroatoms. The molecule has 12 heavy (non-hydrogen) atoms. The zero-order valence-corrected chi connectivity index (χ0v) is 7.24. The summed E-state index contributed by atoms with van der Waals surface area (Å²) in [6.45, 7) is 3.75. The summed E-state index contributed by atoms with van der Waals surface area (Å²) < 4.78 is 4.61. The van der Waals surface area contributed by atoms with E-state index in [0.29, 0.717) is 12.2 Å². The Bertz CT molecular complexity index is 214. The number of carbonyl (C=O) groups is 2. The van der Waals surface area contributed by atoms with Crippen molar-refractivity contribution in [3.05, 3.63) is 23.8 Å². The molecule has 0 N–H and O–H groups in total. The average Bonchev–Trinajstić information content (AvgIpc) is 2.04. The summed E-state index contributed by atoms with van der Waals surface area (Å²) >= 11 is 0. The maximum Gasteiger partial charge on any atom is 0.330 e. The van der Waals surface area contributed by atoms with E-state index in [1.807, 2.05) is 0 Å². The molecule has 0 heterocycles. The van der Waals surface area contributed by atoms with Crippen molar-refractivity contribution in [3.63, 3.8) is 0 Å². The summed E-state index contributed by atoms with van der Waals surface area (Å²) in [6, 6.07) is 0. The van der Waals surface area contributed by atoms with Crippen LogP contribution in [0, 0.1) is 0 Å². The molecule has 0 rings (SSSR count). The molecule has 3 nitrogen and oxygen atoms in total. The van der Waals surface area contributed by atoms with Crippen molar-refractivity contribution in [2.45, 2.75) is 13.8 Å². The van der Waals surface area contributed by atoms with E-state index in [9.17, 15) is 9.59 Å². The van der Waals surface area contributed by atoms with Gasteiger partial charge in [-0.25, -0.2) is 4.79 Å². The molecule has 0 saturated carbocycles. The Hall–Kier alpha value is -1.38. The first-order chi connectivity index (χ1) is 5.70. The molecule has 66 valence electrons. The maximum absolute atomic E-state index is 10.7.